The normalized spacial score (nSPS) is 13.0. The summed E-state index contributed by atoms with van der Waals surface area (Å²) in [6.45, 7) is 4.17. The number of aromatic nitrogens is 2. The van der Waals surface area contributed by atoms with Gasteiger partial charge in [-0.15, -0.1) is 0 Å². The lowest BCUT2D eigenvalue weighted by atomic mass is 10.2. The lowest BCUT2D eigenvalue weighted by Gasteiger charge is -2.35. The van der Waals surface area contributed by atoms with Crippen molar-refractivity contribution in [2.45, 2.75) is 20.4 Å². The van der Waals surface area contributed by atoms with E-state index in [4.69, 9.17) is 44.3 Å². The number of anilines is 2. The predicted octanol–water partition coefficient (Wildman–Crippen LogP) is 5.06. The molecule has 1 aromatic carbocycles. The molecule has 1 aliphatic rings. The number of ether oxygens (including phenoxy) is 2. The van der Waals surface area contributed by atoms with Crippen molar-refractivity contribution in [1.82, 2.24) is 9.97 Å². The van der Waals surface area contributed by atoms with Gasteiger partial charge in [0.05, 0.1) is 26.5 Å². The lowest BCUT2D eigenvalue weighted by molar-refractivity contribution is 0.251. The van der Waals surface area contributed by atoms with Gasteiger partial charge in [-0.1, -0.05) is 37.0 Å². The second-order valence-corrected chi connectivity index (χ2v) is 6.27. The molecule has 0 aliphatic carbocycles. The Morgan fingerprint density at radius 1 is 1.07 bits per heavy atom. The Kier molecular flexibility index (Phi) is 6.97. The first-order valence-electron chi connectivity index (χ1n) is 8.05. The molecule has 3 rings (SSSR count). The topological polar surface area (TPSA) is 67.8 Å². The standard InChI is InChI=1S/C15H13Cl3N4O3.C2H6/c1-21-13-7(5-19-14(18)20-13)6-22(15(21)23)12-10(16)8(24-2)4-9(25-3)11(12)17;1-2/h4-5H,6H2,1-3H3;1-2H3. The molecule has 2 heterocycles. The summed E-state index contributed by atoms with van der Waals surface area (Å²) in [5.41, 5.74) is 0.984. The van der Waals surface area contributed by atoms with Crippen LogP contribution in [0.2, 0.25) is 15.3 Å². The molecule has 0 N–H and O–H groups in total. The fourth-order valence-corrected chi connectivity index (χ4v) is 3.41. The molecule has 2 amide bonds. The molecule has 7 nitrogen and oxygen atoms in total. The number of benzene rings is 1. The molecule has 0 atom stereocenters. The van der Waals surface area contributed by atoms with Gasteiger partial charge in [0.25, 0.3) is 0 Å². The first kappa shape index (κ1) is 21.3. The largest absolute Gasteiger partial charge is 0.495 e. The third kappa shape index (κ3) is 3.85. The van der Waals surface area contributed by atoms with Crippen molar-refractivity contribution in [3.8, 4) is 11.5 Å². The van der Waals surface area contributed by atoms with Crippen molar-refractivity contribution in [3.05, 3.63) is 33.2 Å². The van der Waals surface area contributed by atoms with Crippen LogP contribution in [-0.2, 0) is 6.54 Å². The summed E-state index contributed by atoms with van der Waals surface area (Å²) in [6, 6.07) is 1.18. The van der Waals surface area contributed by atoms with E-state index in [-0.39, 0.29) is 33.6 Å². The summed E-state index contributed by atoms with van der Waals surface area (Å²) in [7, 11) is 4.51. The van der Waals surface area contributed by atoms with Crippen molar-refractivity contribution in [3.63, 3.8) is 0 Å². The number of nitrogens with zero attached hydrogens (tertiary/aromatic N) is 4. The zero-order chi connectivity index (χ0) is 20.3. The van der Waals surface area contributed by atoms with Crippen LogP contribution >= 0.6 is 34.8 Å². The van der Waals surface area contributed by atoms with E-state index in [1.165, 1.54) is 24.0 Å². The van der Waals surface area contributed by atoms with Gasteiger partial charge in [-0.05, 0) is 11.6 Å². The molecular formula is C17H19Cl3N4O3. The Bertz CT molecular complexity index is 836. The van der Waals surface area contributed by atoms with E-state index in [0.29, 0.717) is 22.9 Å². The Balaban J connectivity index is 0.00000126. The van der Waals surface area contributed by atoms with E-state index in [9.17, 15) is 4.79 Å². The highest BCUT2D eigenvalue weighted by Gasteiger charge is 2.34. The van der Waals surface area contributed by atoms with Crippen LogP contribution < -0.4 is 19.3 Å². The van der Waals surface area contributed by atoms with E-state index in [1.54, 1.807) is 19.3 Å². The van der Waals surface area contributed by atoms with E-state index in [1.807, 2.05) is 13.8 Å². The van der Waals surface area contributed by atoms with Crippen molar-refractivity contribution in [2.24, 2.45) is 0 Å². The number of methoxy groups -OCH3 is 2. The van der Waals surface area contributed by atoms with Gasteiger partial charge in [0.15, 0.2) is 0 Å². The molecule has 1 aliphatic heterocycles. The van der Waals surface area contributed by atoms with E-state index in [0.717, 1.165) is 0 Å². The van der Waals surface area contributed by atoms with Crippen LogP contribution in [0.1, 0.15) is 19.4 Å². The quantitative estimate of drug-likeness (QED) is 0.633. The Morgan fingerprint density at radius 3 is 2.15 bits per heavy atom. The molecule has 0 spiro atoms. The second kappa shape index (κ2) is 8.82. The molecule has 27 heavy (non-hydrogen) atoms. The molecular weight excluding hydrogens is 415 g/mol. The maximum absolute atomic E-state index is 12.9. The van der Waals surface area contributed by atoms with E-state index < -0.39 is 0 Å². The zero-order valence-corrected chi connectivity index (χ0v) is 17.8. The van der Waals surface area contributed by atoms with Gasteiger partial charge in [-0.25, -0.2) is 9.78 Å². The van der Waals surface area contributed by atoms with Gasteiger partial charge in [0.2, 0.25) is 5.28 Å². The number of halogens is 3. The third-order valence-electron chi connectivity index (χ3n) is 3.80. The van der Waals surface area contributed by atoms with Gasteiger partial charge >= 0.3 is 6.03 Å². The van der Waals surface area contributed by atoms with Crippen LogP contribution in [0.5, 0.6) is 11.5 Å². The SMILES string of the molecule is CC.COc1cc(OC)c(Cl)c(N2Cc3cnc(Cl)nc3N(C)C2=O)c1Cl. The van der Waals surface area contributed by atoms with Gasteiger partial charge in [0, 0.05) is 24.9 Å². The number of fused-ring (bicyclic) bond motifs is 1. The highest BCUT2D eigenvalue weighted by molar-refractivity contribution is 6.42. The van der Waals surface area contributed by atoms with Gasteiger partial charge in [-0.3, -0.25) is 9.80 Å². The maximum atomic E-state index is 12.9. The van der Waals surface area contributed by atoms with Crippen LogP contribution in [-0.4, -0.2) is 37.3 Å². The summed E-state index contributed by atoms with van der Waals surface area (Å²) >= 11 is 18.6. The summed E-state index contributed by atoms with van der Waals surface area (Å²) in [5, 5.41) is 0.465. The molecule has 0 radical (unpaired) electrons. The highest BCUT2D eigenvalue weighted by atomic mass is 35.5. The van der Waals surface area contributed by atoms with Crippen LogP contribution in [0.15, 0.2) is 12.3 Å². The van der Waals surface area contributed by atoms with Crippen molar-refractivity contribution >= 4 is 52.3 Å². The Labute approximate surface area is 172 Å². The molecule has 0 saturated carbocycles. The van der Waals surface area contributed by atoms with Crippen LogP contribution in [0.25, 0.3) is 0 Å². The summed E-state index contributed by atoms with van der Waals surface area (Å²) < 4.78 is 10.5. The second-order valence-electron chi connectivity index (χ2n) is 5.17. The number of rotatable bonds is 3. The molecule has 2 aromatic rings. The molecule has 146 valence electrons. The molecule has 10 heteroatoms. The molecule has 1 aromatic heterocycles. The third-order valence-corrected chi connectivity index (χ3v) is 4.71. The average molecular weight is 434 g/mol. The Morgan fingerprint density at radius 2 is 1.63 bits per heavy atom. The number of urea groups is 1. The first-order valence-corrected chi connectivity index (χ1v) is 9.19. The highest BCUT2D eigenvalue weighted by Crippen LogP contribution is 2.47. The Hall–Kier alpha value is -1.96. The summed E-state index contributed by atoms with van der Waals surface area (Å²) in [5.74, 6) is 1.11. The van der Waals surface area contributed by atoms with Crippen molar-refractivity contribution < 1.29 is 14.3 Å². The summed E-state index contributed by atoms with van der Waals surface area (Å²) in [6.07, 6.45) is 1.56. The number of amides is 2. The zero-order valence-electron chi connectivity index (χ0n) is 15.5. The van der Waals surface area contributed by atoms with Crippen LogP contribution in [0.4, 0.5) is 16.3 Å². The van der Waals surface area contributed by atoms with Gasteiger partial charge < -0.3 is 9.47 Å². The smallest absolute Gasteiger partial charge is 0.330 e. The van der Waals surface area contributed by atoms with Gasteiger partial charge in [0.1, 0.15) is 27.4 Å². The number of hydrogen-bond acceptors (Lipinski definition) is 5. The van der Waals surface area contributed by atoms with Gasteiger partial charge in [-0.2, -0.15) is 4.98 Å². The molecule has 0 fully saturated rings. The van der Waals surface area contributed by atoms with Crippen molar-refractivity contribution in [1.29, 1.82) is 0 Å². The first-order chi connectivity index (χ1) is 12.9. The fraction of sp³-hybridized carbons (Fsp3) is 0.353. The molecule has 0 unspecified atom stereocenters. The number of carbonyl (C=O) groups excluding carboxylic acids is 1. The average Bonchev–Trinajstić information content (AvgIpc) is 2.68. The minimum Gasteiger partial charge on any atom is -0.495 e. The number of carbonyl (C=O) groups is 1. The maximum Gasteiger partial charge on any atom is 0.330 e. The monoisotopic (exact) mass is 432 g/mol. The summed E-state index contributed by atoms with van der Waals surface area (Å²) in [4.78, 5) is 23.7. The minimum atomic E-state index is -0.374. The molecule has 0 saturated heterocycles. The molecule has 0 bridgehead atoms. The van der Waals surface area contributed by atoms with E-state index in [2.05, 4.69) is 9.97 Å². The van der Waals surface area contributed by atoms with Crippen LogP contribution in [0, 0.1) is 0 Å². The lowest BCUT2D eigenvalue weighted by Crippen LogP contribution is -2.46. The van der Waals surface area contributed by atoms with Crippen LogP contribution in [0.3, 0.4) is 0 Å². The van der Waals surface area contributed by atoms with E-state index >= 15 is 0 Å². The predicted molar refractivity (Wildman–Crippen MR) is 108 cm³/mol. The fourth-order valence-electron chi connectivity index (χ4n) is 2.57. The minimum absolute atomic E-state index is 0.0611. The number of hydrogen-bond donors (Lipinski definition) is 0. The van der Waals surface area contributed by atoms with Crippen molar-refractivity contribution in [2.75, 3.05) is 31.1 Å².